The van der Waals surface area contributed by atoms with Crippen LogP contribution < -0.4 is 10.6 Å². The molecule has 2 amide bonds. The molecule has 1 saturated heterocycles. The van der Waals surface area contributed by atoms with Crippen LogP contribution in [0.15, 0.2) is 24.3 Å². The van der Waals surface area contributed by atoms with Crippen molar-refractivity contribution in [1.82, 2.24) is 5.32 Å². The Balaban J connectivity index is 1.16. The van der Waals surface area contributed by atoms with Crippen molar-refractivity contribution in [2.75, 3.05) is 16.8 Å². The second-order valence-electron chi connectivity index (χ2n) is 8.74. The van der Waals surface area contributed by atoms with E-state index in [-0.39, 0.29) is 23.7 Å². The summed E-state index contributed by atoms with van der Waals surface area (Å²) in [4.78, 5) is 24.8. The molecule has 2 atom stereocenters. The highest BCUT2D eigenvalue weighted by Gasteiger charge is 2.57. The average molecular weight is 417 g/mol. The van der Waals surface area contributed by atoms with Gasteiger partial charge in [-0.15, -0.1) is 23.5 Å². The second kappa shape index (κ2) is 7.60. The minimum atomic E-state index is 0.121. The minimum Gasteiger partial charge on any atom is -0.352 e. The molecular formula is C22H28N2O2S2. The Morgan fingerprint density at radius 3 is 2.36 bits per heavy atom. The first-order valence-electron chi connectivity index (χ1n) is 10.6. The number of amides is 2. The van der Waals surface area contributed by atoms with Crippen molar-refractivity contribution in [2.45, 2.75) is 49.1 Å². The van der Waals surface area contributed by atoms with Crippen molar-refractivity contribution in [3.8, 4) is 0 Å². The summed E-state index contributed by atoms with van der Waals surface area (Å²) < 4.78 is 0.435. The van der Waals surface area contributed by atoms with Crippen LogP contribution in [0.5, 0.6) is 0 Å². The van der Waals surface area contributed by atoms with Crippen LogP contribution >= 0.6 is 23.5 Å². The van der Waals surface area contributed by atoms with Gasteiger partial charge in [0.25, 0.3) is 0 Å². The molecule has 2 unspecified atom stereocenters. The molecule has 4 fully saturated rings. The molecule has 1 aliphatic heterocycles. The SMILES string of the molecule is O=C(NCc1cccc(NC(=O)C2CC2)c1)C1CC2CCC(C1)C21SCCS1. The van der Waals surface area contributed by atoms with Crippen molar-refractivity contribution < 1.29 is 9.59 Å². The van der Waals surface area contributed by atoms with Gasteiger partial charge in [0.15, 0.2) is 0 Å². The van der Waals surface area contributed by atoms with Gasteiger partial charge in [-0.25, -0.2) is 0 Å². The summed E-state index contributed by atoms with van der Waals surface area (Å²) in [5.74, 6) is 4.68. The van der Waals surface area contributed by atoms with Crippen LogP contribution in [0.2, 0.25) is 0 Å². The second-order valence-corrected chi connectivity index (χ2v) is 11.7. The van der Waals surface area contributed by atoms with Gasteiger partial charge in [0.2, 0.25) is 11.8 Å². The number of rotatable bonds is 5. The zero-order valence-electron chi connectivity index (χ0n) is 16.1. The van der Waals surface area contributed by atoms with Crippen LogP contribution in [0, 0.1) is 23.7 Å². The Bertz CT molecular complexity index is 758. The van der Waals surface area contributed by atoms with Gasteiger partial charge in [-0.1, -0.05) is 12.1 Å². The third kappa shape index (κ3) is 3.58. The Morgan fingerprint density at radius 2 is 1.68 bits per heavy atom. The zero-order chi connectivity index (χ0) is 19.1. The van der Waals surface area contributed by atoms with E-state index in [1.807, 2.05) is 24.3 Å². The Hall–Kier alpha value is -1.14. The lowest BCUT2D eigenvalue weighted by atomic mass is 9.79. The maximum Gasteiger partial charge on any atom is 0.227 e. The standard InChI is InChI=1S/C22H28N2O2S2/c25-20(16-11-17-6-7-18(12-16)22(17)27-8-9-28-22)23-13-14-2-1-3-19(10-14)24-21(26)15-4-5-15/h1-3,10,15-18H,4-9,11-13H2,(H,23,25)(H,24,26). The van der Waals surface area contributed by atoms with Crippen LogP contribution in [-0.4, -0.2) is 27.4 Å². The van der Waals surface area contributed by atoms with Gasteiger partial charge in [0.05, 0.1) is 4.08 Å². The van der Waals surface area contributed by atoms with E-state index in [2.05, 4.69) is 34.2 Å². The number of hydrogen-bond donors (Lipinski definition) is 2. The van der Waals surface area contributed by atoms with Crippen molar-refractivity contribution in [2.24, 2.45) is 23.7 Å². The zero-order valence-corrected chi connectivity index (χ0v) is 17.7. The van der Waals surface area contributed by atoms with E-state index < -0.39 is 0 Å². The first-order chi connectivity index (χ1) is 13.6. The number of anilines is 1. The third-order valence-electron chi connectivity index (χ3n) is 6.86. The molecule has 4 nitrogen and oxygen atoms in total. The maximum atomic E-state index is 12.9. The molecule has 4 aliphatic rings. The van der Waals surface area contributed by atoms with E-state index in [1.54, 1.807) is 0 Å². The predicted molar refractivity (Wildman–Crippen MR) is 116 cm³/mol. The molecule has 0 aromatic heterocycles. The quantitative estimate of drug-likeness (QED) is 0.753. The number of carbonyl (C=O) groups excluding carboxylic acids is 2. The van der Waals surface area contributed by atoms with Gasteiger partial charge >= 0.3 is 0 Å². The Kier molecular flexibility index (Phi) is 5.12. The van der Waals surface area contributed by atoms with Gasteiger partial charge in [-0.05, 0) is 68.1 Å². The lowest BCUT2D eigenvalue weighted by Crippen LogP contribution is -2.42. The lowest BCUT2D eigenvalue weighted by Gasteiger charge is -2.42. The van der Waals surface area contributed by atoms with Gasteiger partial charge in [0.1, 0.15) is 0 Å². The van der Waals surface area contributed by atoms with Gasteiger partial charge in [-0.2, -0.15) is 0 Å². The first-order valence-corrected chi connectivity index (χ1v) is 12.6. The number of thioether (sulfide) groups is 2. The molecule has 150 valence electrons. The molecule has 28 heavy (non-hydrogen) atoms. The fourth-order valence-corrected chi connectivity index (χ4v) is 9.23. The summed E-state index contributed by atoms with van der Waals surface area (Å²) >= 11 is 4.36. The molecule has 1 spiro atoms. The summed E-state index contributed by atoms with van der Waals surface area (Å²) in [6.45, 7) is 0.534. The molecular weight excluding hydrogens is 388 g/mol. The topological polar surface area (TPSA) is 58.2 Å². The van der Waals surface area contributed by atoms with Gasteiger partial charge in [-0.3, -0.25) is 9.59 Å². The molecule has 2 N–H and O–H groups in total. The third-order valence-corrected chi connectivity index (χ3v) is 10.9. The molecule has 1 aromatic rings. The lowest BCUT2D eigenvalue weighted by molar-refractivity contribution is -0.126. The number of nitrogens with one attached hydrogen (secondary N) is 2. The smallest absolute Gasteiger partial charge is 0.227 e. The number of benzene rings is 1. The van der Waals surface area contributed by atoms with E-state index in [0.717, 1.165) is 36.9 Å². The van der Waals surface area contributed by atoms with E-state index in [1.165, 1.54) is 24.3 Å². The highest BCUT2D eigenvalue weighted by atomic mass is 32.2. The average Bonchev–Trinajstić information content (AvgIpc) is 3.43. The first kappa shape index (κ1) is 18.9. The molecule has 1 aromatic carbocycles. The summed E-state index contributed by atoms with van der Waals surface area (Å²) in [5, 5.41) is 6.15. The number of carbonyl (C=O) groups is 2. The fourth-order valence-electron chi connectivity index (χ4n) is 5.30. The van der Waals surface area contributed by atoms with E-state index in [4.69, 9.17) is 0 Å². The van der Waals surface area contributed by atoms with Gasteiger partial charge < -0.3 is 10.6 Å². The maximum absolute atomic E-state index is 12.9. The summed E-state index contributed by atoms with van der Waals surface area (Å²) in [5.41, 5.74) is 1.87. The van der Waals surface area contributed by atoms with E-state index in [0.29, 0.717) is 22.5 Å². The molecule has 6 heteroatoms. The van der Waals surface area contributed by atoms with Crippen molar-refractivity contribution in [1.29, 1.82) is 0 Å². The Morgan fingerprint density at radius 1 is 0.964 bits per heavy atom. The summed E-state index contributed by atoms with van der Waals surface area (Å²) in [6.07, 6.45) is 6.72. The van der Waals surface area contributed by atoms with Gasteiger partial charge in [0, 0.05) is 35.6 Å². The predicted octanol–water partition coefficient (Wildman–Crippen LogP) is 4.26. The normalized spacial score (nSPS) is 30.4. The molecule has 5 rings (SSSR count). The van der Waals surface area contributed by atoms with Crippen molar-refractivity contribution >= 4 is 41.0 Å². The number of hydrogen-bond acceptors (Lipinski definition) is 4. The molecule has 2 bridgehead atoms. The van der Waals surface area contributed by atoms with E-state index in [9.17, 15) is 9.59 Å². The Labute approximate surface area is 175 Å². The summed E-state index contributed by atoms with van der Waals surface area (Å²) in [7, 11) is 0. The molecule has 3 aliphatic carbocycles. The van der Waals surface area contributed by atoms with Crippen LogP contribution in [0.4, 0.5) is 5.69 Å². The largest absolute Gasteiger partial charge is 0.352 e. The van der Waals surface area contributed by atoms with Crippen LogP contribution in [-0.2, 0) is 16.1 Å². The molecule has 0 radical (unpaired) electrons. The monoisotopic (exact) mass is 416 g/mol. The van der Waals surface area contributed by atoms with E-state index >= 15 is 0 Å². The van der Waals surface area contributed by atoms with Crippen molar-refractivity contribution in [3.63, 3.8) is 0 Å². The van der Waals surface area contributed by atoms with Crippen LogP contribution in [0.1, 0.15) is 44.1 Å². The summed E-state index contributed by atoms with van der Waals surface area (Å²) in [6, 6.07) is 7.86. The van der Waals surface area contributed by atoms with Crippen molar-refractivity contribution in [3.05, 3.63) is 29.8 Å². The molecule has 3 saturated carbocycles. The fraction of sp³-hybridized carbons (Fsp3) is 0.636. The molecule has 1 heterocycles. The highest BCUT2D eigenvalue weighted by Crippen LogP contribution is 2.65. The highest BCUT2D eigenvalue weighted by molar-refractivity contribution is 8.21. The van der Waals surface area contributed by atoms with Crippen LogP contribution in [0.25, 0.3) is 0 Å². The minimum absolute atomic E-state index is 0.121. The van der Waals surface area contributed by atoms with Crippen LogP contribution in [0.3, 0.4) is 0 Å².